The van der Waals surface area contributed by atoms with Crippen LogP contribution in [0.4, 0.5) is 4.53 Å². The highest BCUT2D eigenvalue weighted by molar-refractivity contribution is 7.39. The van der Waals surface area contributed by atoms with Gasteiger partial charge in [-0.3, -0.25) is 0 Å². The number of hydrogen-bond donors (Lipinski definition) is 2. The van der Waals surface area contributed by atoms with Crippen LogP contribution >= 0.6 is 8.60 Å². The Kier molecular flexibility index (Phi) is 13.5. The third kappa shape index (κ3) is 24.2. The Morgan fingerprint density at radius 3 is 1.57 bits per heavy atom. The van der Waals surface area contributed by atoms with Crippen LogP contribution in [-0.2, 0) is 4.73 Å². The Labute approximate surface area is 41.9 Å². The Morgan fingerprint density at radius 1 is 1.43 bits per heavy atom. The molecular weight excluding hydrogens is 122 g/mol. The van der Waals surface area contributed by atoms with Crippen molar-refractivity contribution in [2.45, 2.75) is 0 Å². The largest absolute Gasteiger partial charge is 0.363 e. The molecule has 0 rings (SSSR count). The average molecular weight is 128 g/mol. The van der Waals surface area contributed by atoms with E-state index < -0.39 is 8.60 Å². The summed E-state index contributed by atoms with van der Waals surface area (Å²) in [7, 11) is -2.76. The van der Waals surface area contributed by atoms with E-state index in [1.165, 1.54) is 0 Å². The van der Waals surface area contributed by atoms with Gasteiger partial charge >= 0.3 is 8.60 Å². The maximum atomic E-state index is 10.1. The molecule has 0 aliphatic rings. The molecule has 0 aromatic heterocycles. The van der Waals surface area contributed by atoms with E-state index >= 15 is 0 Å². The zero-order chi connectivity index (χ0) is 6.28. The summed E-state index contributed by atoms with van der Waals surface area (Å²) in [6.07, 6.45) is 0. The molecule has 0 saturated heterocycles. The molecule has 0 unspecified atom stereocenters. The summed E-state index contributed by atoms with van der Waals surface area (Å²) >= 11 is 0. The van der Waals surface area contributed by atoms with Gasteiger partial charge in [0.1, 0.15) is 0 Å². The Hall–Kier alpha value is -0.0200. The summed E-state index contributed by atoms with van der Waals surface area (Å²) in [5, 5.41) is 0. The van der Waals surface area contributed by atoms with Crippen molar-refractivity contribution in [3.63, 3.8) is 0 Å². The van der Waals surface area contributed by atoms with Crippen molar-refractivity contribution in [1.82, 2.24) is 0 Å². The van der Waals surface area contributed by atoms with Gasteiger partial charge in [0.05, 0.1) is 0 Å². The van der Waals surface area contributed by atoms with Crippen LogP contribution in [0.15, 0.2) is 13.2 Å². The van der Waals surface area contributed by atoms with Crippen LogP contribution in [0.2, 0.25) is 0 Å². The molecule has 0 fully saturated rings. The first-order valence-electron chi connectivity index (χ1n) is 1.24. The van der Waals surface area contributed by atoms with Crippen molar-refractivity contribution >= 4 is 8.60 Å². The van der Waals surface area contributed by atoms with E-state index in [1.54, 1.807) is 0 Å². The van der Waals surface area contributed by atoms with E-state index in [9.17, 15) is 4.53 Å². The van der Waals surface area contributed by atoms with E-state index in [-0.39, 0.29) is 0 Å². The zero-order valence-electron chi connectivity index (χ0n) is 3.54. The Balaban J connectivity index is 0. The van der Waals surface area contributed by atoms with Gasteiger partial charge < -0.3 is 9.79 Å². The summed E-state index contributed by atoms with van der Waals surface area (Å²) < 4.78 is 12.6. The fraction of sp³-hybridized carbons (Fsp3) is 0. The van der Waals surface area contributed by atoms with Crippen LogP contribution in [0.3, 0.4) is 0 Å². The van der Waals surface area contributed by atoms with Gasteiger partial charge in [-0.1, -0.05) is 0 Å². The predicted molar refractivity (Wildman–Crippen MR) is 24.8 cm³/mol. The van der Waals surface area contributed by atoms with Crippen LogP contribution in [0.5, 0.6) is 0 Å². The summed E-state index contributed by atoms with van der Waals surface area (Å²) in [5.74, 6) is 0. The summed E-state index contributed by atoms with van der Waals surface area (Å²) in [5.41, 5.74) is 0. The highest BCUT2D eigenvalue weighted by atomic mass is 31.2. The third-order valence-electron chi connectivity index (χ3n) is 0.0617. The molecule has 0 radical (unpaired) electrons. The van der Waals surface area contributed by atoms with Gasteiger partial charge in [0, 0.05) is 0 Å². The van der Waals surface area contributed by atoms with E-state index in [0.29, 0.717) is 0 Å². The molecule has 2 N–H and O–H groups in total. The minimum atomic E-state index is -2.76. The third-order valence-corrected chi connectivity index (χ3v) is 0.185. The standard InChI is InChI=1S/C2H4.FH2O3P/c1-2;1-4-5(2)3/h1-2H2;2-3H. The van der Waals surface area contributed by atoms with Crippen molar-refractivity contribution in [1.29, 1.82) is 0 Å². The molecule has 0 spiro atoms. The van der Waals surface area contributed by atoms with Gasteiger partial charge in [0.25, 0.3) is 0 Å². The van der Waals surface area contributed by atoms with Gasteiger partial charge in [-0.05, 0) is 4.53 Å². The maximum Gasteiger partial charge on any atom is 0.363 e. The number of halogens is 1. The highest BCUT2D eigenvalue weighted by Crippen LogP contribution is 2.23. The lowest BCUT2D eigenvalue weighted by molar-refractivity contribution is -0.0199. The molecule has 5 heteroatoms. The van der Waals surface area contributed by atoms with Gasteiger partial charge in [0.15, 0.2) is 0 Å². The van der Waals surface area contributed by atoms with Crippen LogP contribution in [0, 0.1) is 0 Å². The van der Waals surface area contributed by atoms with Crippen LogP contribution in [-0.4, -0.2) is 9.79 Å². The van der Waals surface area contributed by atoms with Crippen LogP contribution < -0.4 is 0 Å². The summed E-state index contributed by atoms with van der Waals surface area (Å²) in [6.45, 7) is 6.00. The number of hydrogen-bond acceptors (Lipinski definition) is 3. The summed E-state index contributed by atoms with van der Waals surface area (Å²) in [6, 6.07) is 0. The van der Waals surface area contributed by atoms with E-state index in [2.05, 4.69) is 17.9 Å². The monoisotopic (exact) mass is 128 g/mol. The highest BCUT2D eigenvalue weighted by Gasteiger charge is 1.92. The topological polar surface area (TPSA) is 49.7 Å². The average Bonchev–Trinajstić information content (AvgIpc) is 1.73. The van der Waals surface area contributed by atoms with E-state index in [0.717, 1.165) is 0 Å². The predicted octanol–water partition coefficient (Wildman–Crippen LogP) is 0.901. The first-order chi connectivity index (χ1) is 3.27. The summed E-state index contributed by atoms with van der Waals surface area (Å²) in [4.78, 5) is 14.8. The van der Waals surface area contributed by atoms with Gasteiger partial charge in [-0.2, -0.15) is 0 Å². The minimum absolute atomic E-state index is 2.43. The maximum absolute atomic E-state index is 10.1. The second kappa shape index (κ2) is 9.36. The van der Waals surface area contributed by atoms with Crippen molar-refractivity contribution in [2.75, 3.05) is 0 Å². The molecule has 0 aliphatic carbocycles. The minimum Gasteiger partial charge on any atom is -0.326 e. The van der Waals surface area contributed by atoms with E-state index in [4.69, 9.17) is 9.79 Å². The normalized spacial score (nSPS) is 7.43. The molecule has 7 heavy (non-hydrogen) atoms. The zero-order valence-corrected chi connectivity index (χ0v) is 4.44. The van der Waals surface area contributed by atoms with Gasteiger partial charge in [-0.15, -0.1) is 17.9 Å². The molecule has 0 atom stereocenters. The molecule has 0 amide bonds. The molecule has 0 aromatic rings. The fourth-order valence-electron chi connectivity index (χ4n) is 0. The molecule has 0 bridgehead atoms. The fourth-order valence-corrected chi connectivity index (χ4v) is 0. The molecule has 0 heterocycles. The molecule has 0 aliphatic heterocycles. The number of rotatable bonds is 1. The Bertz CT molecular complexity index is 34.1. The van der Waals surface area contributed by atoms with Crippen molar-refractivity contribution in [3.05, 3.63) is 13.2 Å². The van der Waals surface area contributed by atoms with Crippen molar-refractivity contribution in [3.8, 4) is 0 Å². The smallest absolute Gasteiger partial charge is 0.326 e. The van der Waals surface area contributed by atoms with Gasteiger partial charge in [-0.25, -0.2) is 0 Å². The molecule has 3 nitrogen and oxygen atoms in total. The molecule has 44 valence electrons. The second-order valence-corrected chi connectivity index (χ2v) is 0.965. The molecule has 0 aromatic carbocycles. The lowest BCUT2D eigenvalue weighted by Gasteiger charge is -1.83. The van der Waals surface area contributed by atoms with Crippen molar-refractivity contribution in [2.24, 2.45) is 0 Å². The lowest BCUT2D eigenvalue weighted by atomic mass is 11.3. The Morgan fingerprint density at radius 2 is 1.57 bits per heavy atom. The van der Waals surface area contributed by atoms with Gasteiger partial charge in [0.2, 0.25) is 0 Å². The molecule has 0 saturated carbocycles. The SMILES string of the molecule is C=C.OP(O)OF. The lowest BCUT2D eigenvalue weighted by Crippen LogP contribution is -1.61. The first-order valence-corrected chi connectivity index (χ1v) is 2.40. The quantitative estimate of drug-likeness (QED) is 0.407. The molecular formula is C2H6FO3P. The van der Waals surface area contributed by atoms with Crippen LogP contribution in [0.1, 0.15) is 0 Å². The van der Waals surface area contributed by atoms with Crippen LogP contribution in [0.25, 0.3) is 0 Å². The van der Waals surface area contributed by atoms with E-state index in [1.807, 2.05) is 0 Å². The first kappa shape index (κ1) is 10.1. The second-order valence-electron chi connectivity index (χ2n) is 0.322. The van der Waals surface area contributed by atoms with Crippen molar-refractivity contribution < 1.29 is 19.0 Å².